The molecule has 0 saturated heterocycles. The first kappa shape index (κ1) is 9.02. The normalized spacial score (nSPS) is 16.1. The van der Waals surface area contributed by atoms with Gasteiger partial charge in [-0.25, -0.2) is 5.26 Å². The van der Waals surface area contributed by atoms with E-state index in [0.717, 1.165) is 0 Å². The molecule has 1 aliphatic carbocycles. The van der Waals surface area contributed by atoms with Crippen LogP contribution in [-0.4, -0.2) is 11.4 Å². The molecule has 1 N–H and O–H groups in total. The van der Waals surface area contributed by atoms with E-state index in [-0.39, 0.29) is 26.5 Å². The molecular weight excluding hydrogens is 294 g/mol. The van der Waals surface area contributed by atoms with Gasteiger partial charge in [-0.3, -0.25) is 0 Å². The van der Waals surface area contributed by atoms with E-state index >= 15 is 0 Å². The SMILES string of the molecule is OOOC1C=CC=C1.[Re]. The Kier molecular flexibility index (Phi) is 4.87. The van der Waals surface area contributed by atoms with Crippen LogP contribution in [0.15, 0.2) is 24.3 Å². The zero-order chi connectivity index (χ0) is 5.82. The molecule has 0 fully saturated rings. The van der Waals surface area contributed by atoms with Gasteiger partial charge < -0.3 is 0 Å². The Morgan fingerprint density at radius 3 is 2.22 bits per heavy atom. The maximum atomic E-state index is 7.74. The van der Waals surface area contributed by atoms with E-state index in [1.807, 2.05) is 12.2 Å². The number of hydrogen-bond acceptors (Lipinski definition) is 3. The minimum atomic E-state index is -0.222. The van der Waals surface area contributed by atoms with Crippen molar-refractivity contribution in [2.45, 2.75) is 6.10 Å². The van der Waals surface area contributed by atoms with E-state index in [2.05, 4.69) is 9.93 Å². The van der Waals surface area contributed by atoms with Gasteiger partial charge in [0.25, 0.3) is 0 Å². The molecule has 0 aromatic rings. The van der Waals surface area contributed by atoms with E-state index in [9.17, 15) is 0 Å². The molecule has 9 heavy (non-hydrogen) atoms. The number of hydrogen-bond donors (Lipinski definition) is 1. The first-order chi connectivity index (χ1) is 3.93. The van der Waals surface area contributed by atoms with E-state index in [1.54, 1.807) is 12.2 Å². The predicted octanol–water partition coefficient (Wildman–Crippen LogP) is 0.900. The van der Waals surface area contributed by atoms with Crippen molar-refractivity contribution < 1.29 is 35.6 Å². The first-order valence-corrected chi connectivity index (χ1v) is 2.25. The van der Waals surface area contributed by atoms with Crippen molar-refractivity contribution in [1.82, 2.24) is 0 Å². The molecule has 0 unspecified atom stereocenters. The molecule has 0 aromatic carbocycles. The Balaban J connectivity index is 0.000000640. The van der Waals surface area contributed by atoms with Gasteiger partial charge in [0.2, 0.25) is 0 Å². The molecule has 3 nitrogen and oxygen atoms in total. The molecule has 0 bridgehead atoms. The largest absolute Gasteiger partial charge is 0.221 e. The summed E-state index contributed by atoms with van der Waals surface area (Å²) in [5.41, 5.74) is 0. The first-order valence-electron chi connectivity index (χ1n) is 2.25. The molecule has 0 heterocycles. The number of allylic oxidation sites excluding steroid dienone is 2. The predicted molar refractivity (Wildman–Crippen MR) is 26.9 cm³/mol. The van der Waals surface area contributed by atoms with Crippen molar-refractivity contribution in [1.29, 1.82) is 0 Å². The quantitative estimate of drug-likeness (QED) is 0.608. The number of rotatable bonds is 2. The maximum Gasteiger partial charge on any atom is 0.133 e. The molecule has 0 atom stereocenters. The zero-order valence-corrected chi connectivity index (χ0v) is 7.24. The van der Waals surface area contributed by atoms with Crippen LogP contribution in [0.4, 0.5) is 0 Å². The fourth-order valence-electron chi connectivity index (χ4n) is 0.525. The van der Waals surface area contributed by atoms with Gasteiger partial charge >= 0.3 is 0 Å². The summed E-state index contributed by atoms with van der Waals surface area (Å²) >= 11 is 0. The van der Waals surface area contributed by atoms with E-state index in [0.29, 0.717) is 0 Å². The van der Waals surface area contributed by atoms with Crippen molar-refractivity contribution in [2.75, 3.05) is 0 Å². The summed E-state index contributed by atoms with van der Waals surface area (Å²) in [6.07, 6.45) is 6.89. The molecule has 0 aromatic heterocycles. The van der Waals surface area contributed by atoms with Crippen molar-refractivity contribution in [3.63, 3.8) is 0 Å². The summed E-state index contributed by atoms with van der Waals surface area (Å²) in [4.78, 5) is 4.28. The molecule has 51 valence electrons. The smallest absolute Gasteiger partial charge is 0.133 e. The molecular formula is C5H6O3Re. The van der Waals surface area contributed by atoms with Gasteiger partial charge in [0.1, 0.15) is 6.10 Å². The zero-order valence-electron chi connectivity index (χ0n) is 4.53. The topological polar surface area (TPSA) is 38.7 Å². The molecule has 0 spiro atoms. The van der Waals surface area contributed by atoms with Crippen molar-refractivity contribution in [3.05, 3.63) is 24.3 Å². The van der Waals surface area contributed by atoms with Crippen LogP contribution in [0.25, 0.3) is 0 Å². The standard InChI is InChI=1S/C5H6O3.Re/c6-8-7-5-3-1-2-4-5;/h1-6H;. The van der Waals surface area contributed by atoms with Crippen molar-refractivity contribution >= 4 is 0 Å². The van der Waals surface area contributed by atoms with Crippen LogP contribution < -0.4 is 0 Å². The molecule has 1 aliphatic rings. The average molecular weight is 300 g/mol. The van der Waals surface area contributed by atoms with Gasteiger partial charge in [0.15, 0.2) is 0 Å². The maximum absolute atomic E-state index is 7.74. The summed E-state index contributed by atoms with van der Waals surface area (Å²) in [6.45, 7) is 0. The summed E-state index contributed by atoms with van der Waals surface area (Å²) in [6, 6.07) is 0. The Bertz CT molecular complexity index is 109. The van der Waals surface area contributed by atoms with Gasteiger partial charge in [-0.05, 0) is 12.2 Å². The van der Waals surface area contributed by atoms with Gasteiger partial charge in [-0.15, -0.1) is 0 Å². The second kappa shape index (κ2) is 4.86. The monoisotopic (exact) mass is 301 g/mol. The van der Waals surface area contributed by atoms with Crippen LogP contribution >= 0.6 is 0 Å². The molecule has 0 saturated carbocycles. The minimum Gasteiger partial charge on any atom is -0.221 e. The van der Waals surface area contributed by atoms with E-state index < -0.39 is 0 Å². The molecule has 0 amide bonds. The van der Waals surface area contributed by atoms with Crippen LogP contribution in [0, 0.1) is 0 Å². The van der Waals surface area contributed by atoms with Gasteiger partial charge in [0.05, 0.1) is 0 Å². The fraction of sp³-hybridized carbons (Fsp3) is 0.200. The average Bonchev–Trinajstić information content (AvgIpc) is 2.19. The molecule has 4 heteroatoms. The summed E-state index contributed by atoms with van der Waals surface area (Å²) in [7, 11) is 0. The van der Waals surface area contributed by atoms with Gasteiger partial charge in [-0.1, -0.05) is 17.2 Å². The molecule has 1 radical (unpaired) electrons. The summed E-state index contributed by atoms with van der Waals surface area (Å²) < 4.78 is 0. The third-order valence-corrected chi connectivity index (χ3v) is 0.867. The fourth-order valence-corrected chi connectivity index (χ4v) is 0.525. The van der Waals surface area contributed by atoms with Gasteiger partial charge in [-0.2, -0.15) is 4.89 Å². The minimum absolute atomic E-state index is 0. The van der Waals surface area contributed by atoms with Crippen LogP contribution in [0.3, 0.4) is 0 Å². The third-order valence-electron chi connectivity index (χ3n) is 0.867. The van der Waals surface area contributed by atoms with Crippen LogP contribution in [0.2, 0.25) is 0 Å². The Morgan fingerprint density at radius 1 is 1.22 bits per heavy atom. The summed E-state index contributed by atoms with van der Waals surface area (Å²) in [5.74, 6) is 0. The van der Waals surface area contributed by atoms with Crippen molar-refractivity contribution in [2.24, 2.45) is 0 Å². The third kappa shape index (κ3) is 2.90. The Morgan fingerprint density at radius 2 is 1.78 bits per heavy atom. The summed E-state index contributed by atoms with van der Waals surface area (Å²) in [5, 5.41) is 11.2. The van der Waals surface area contributed by atoms with Crippen LogP contribution in [0.1, 0.15) is 0 Å². The Hall–Kier alpha value is 0.0223. The second-order valence-electron chi connectivity index (χ2n) is 1.41. The Labute approximate surface area is 66.5 Å². The second-order valence-corrected chi connectivity index (χ2v) is 1.41. The van der Waals surface area contributed by atoms with Crippen LogP contribution in [0.5, 0.6) is 0 Å². The molecule has 1 rings (SSSR count). The van der Waals surface area contributed by atoms with E-state index in [1.165, 1.54) is 0 Å². The molecule has 0 aliphatic heterocycles. The van der Waals surface area contributed by atoms with E-state index in [4.69, 9.17) is 5.26 Å². The van der Waals surface area contributed by atoms with Gasteiger partial charge in [0, 0.05) is 20.4 Å². The van der Waals surface area contributed by atoms with Crippen LogP contribution in [-0.2, 0) is 30.3 Å². The van der Waals surface area contributed by atoms with Crippen molar-refractivity contribution in [3.8, 4) is 0 Å².